The van der Waals surface area contributed by atoms with E-state index in [2.05, 4.69) is 9.94 Å². The number of aliphatic carboxylic acids is 1. The summed E-state index contributed by atoms with van der Waals surface area (Å²) in [5, 5.41) is 13.3. The first-order chi connectivity index (χ1) is 10.6. The maximum absolute atomic E-state index is 10.7. The Labute approximate surface area is 128 Å². The predicted octanol–water partition coefficient (Wildman–Crippen LogP) is 3.04. The van der Waals surface area contributed by atoms with Crippen molar-refractivity contribution in [3.63, 3.8) is 0 Å². The Morgan fingerprint density at radius 1 is 1.41 bits per heavy atom. The highest BCUT2D eigenvalue weighted by Gasteiger charge is 2.26. The maximum Gasteiger partial charge on any atom is 0.307 e. The number of benzene rings is 1. The second kappa shape index (κ2) is 5.53. The first-order valence-electron chi connectivity index (χ1n) is 7.16. The summed E-state index contributed by atoms with van der Waals surface area (Å²) < 4.78 is 1.76. The van der Waals surface area contributed by atoms with E-state index >= 15 is 0 Å². The lowest BCUT2D eigenvalue weighted by atomic mass is 9.93. The van der Waals surface area contributed by atoms with Gasteiger partial charge in [-0.1, -0.05) is 24.3 Å². The van der Waals surface area contributed by atoms with Gasteiger partial charge in [0.2, 0.25) is 0 Å². The lowest BCUT2D eigenvalue weighted by Gasteiger charge is -2.26. The minimum absolute atomic E-state index is 0.0192. The van der Waals surface area contributed by atoms with E-state index in [0.717, 1.165) is 24.8 Å². The van der Waals surface area contributed by atoms with Gasteiger partial charge in [-0.05, 0) is 30.4 Å². The molecule has 2 aromatic rings. The fourth-order valence-electron chi connectivity index (χ4n) is 2.61. The molecule has 1 aromatic heterocycles. The highest BCUT2D eigenvalue weighted by Crippen LogP contribution is 2.41. The first-order valence-corrected chi connectivity index (χ1v) is 7.16. The summed E-state index contributed by atoms with van der Waals surface area (Å²) in [6.45, 7) is 7.35. The summed E-state index contributed by atoms with van der Waals surface area (Å²) in [5.41, 5.74) is 8.51. The Hall–Kier alpha value is -2.81. The molecule has 1 aliphatic carbocycles. The van der Waals surface area contributed by atoms with Crippen LogP contribution in [0.4, 0.5) is 11.5 Å². The van der Waals surface area contributed by atoms with Gasteiger partial charge in [0, 0.05) is 0 Å². The summed E-state index contributed by atoms with van der Waals surface area (Å²) in [5.74, 6) is -0.447. The van der Waals surface area contributed by atoms with Gasteiger partial charge in [0.15, 0.2) is 0 Å². The monoisotopic (exact) mass is 296 g/mol. The van der Waals surface area contributed by atoms with E-state index in [1.165, 1.54) is 0 Å². The second-order valence-electron chi connectivity index (χ2n) is 5.49. The average molecular weight is 296 g/mol. The van der Waals surface area contributed by atoms with E-state index < -0.39 is 5.97 Å². The van der Waals surface area contributed by atoms with E-state index in [9.17, 15) is 4.79 Å². The molecule has 0 unspecified atom stereocenters. The van der Waals surface area contributed by atoms with Gasteiger partial charge in [-0.2, -0.15) is 5.10 Å². The number of rotatable bonds is 4. The Morgan fingerprint density at radius 3 is 2.59 bits per heavy atom. The van der Waals surface area contributed by atoms with Gasteiger partial charge in [0.25, 0.3) is 5.69 Å². The van der Waals surface area contributed by atoms with Gasteiger partial charge < -0.3 is 10.8 Å². The number of carboxylic acid groups (broad SMARTS) is 1. The standard InChI is InChI=1S/C16H16N4O2/c1-18-15-14(19-20(16(15)17)12-3-2-4-12)11-7-5-10(6-8-11)9-13(21)22/h5-8,12H,2-4,9,17H2,(H,21,22). The fourth-order valence-corrected chi connectivity index (χ4v) is 2.61. The molecule has 1 fully saturated rings. The molecule has 3 rings (SSSR count). The summed E-state index contributed by atoms with van der Waals surface area (Å²) in [7, 11) is 0. The van der Waals surface area contributed by atoms with Crippen LogP contribution in [0.1, 0.15) is 30.9 Å². The molecular weight excluding hydrogens is 280 g/mol. The Balaban J connectivity index is 1.97. The topological polar surface area (TPSA) is 85.5 Å². The molecule has 1 aromatic carbocycles. The zero-order chi connectivity index (χ0) is 15.7. The van der Waals surface area contributed by atoms with E-state index in [-0.39, 0.29) is 6.42 Å². The van der Waals surface area contributed by atoms with Gasteiger partial charge in [0.1, 0.15) is 11.5 Å². The van der Waals surface area contributed by atoms with E-state index in [1.807, 2.05) is 0 Å². The van der Waals surface area contributed by atoms with Crippen LogP contribution in [0.3, 0.4) is 0 Å². The number of hydrogen-bond acceptors (Lipinski definition) is 3. The van der Waals surface area contributed by atoms with E-state index in [4.69, 9.17) is 17.4 Å². The molecule has 1 saturated carbocycles. The Kier molecular flexibility index (Phi) is 3.55. The summed E-state index contributed by atoms with van der Waals surface area (Å²) in [4.78, 5) is 14.2. The molecule has 22 heavy (non-hydrogen) atoms. The van der Waals surface area contributed by atoms with Crippen LogP contribution in [0.2, 0.25) is 0 Å². The normalized spacial score (nSPS) is 14.3. The summed E-state index contributed by atoms with van der Waals surface area (Å²) in [6, 6.07) is 7.37. The van der Waals surface area contributed by atoms with Crippen molar-refractivity contribution in [1.29, 1.82) is 0 Å². The van der Waals surface area contributed by atoms with Crippen molar-refractivity contribution in [1.82, 2.24) is 9.78 Å². The van der Waals surface area contributed by atoms with Crippen LogP contribution in [0.25, 0.3) is 16.1 Å². The third kappa shape index (κ3) is 2.42. The lowest BCUT2D eigenvalue weighted by molar-refractivity contribution is -0.136. The van der Waals surface area contributed by atoms with Gasteiger partial charge in [-0.3, -0.25) is 9.48 Å². The van der Waals surface area contributed by atoms with Crippen LogP contribution < -0.4 is 5.73 Å². The number of carboxylic acids is 1. The van der Waals surface area contributed by atoms with Crippen molar-refractivity contribution >= 4 is 17.5 Å². The molecule has 1 heterocycles. The maximum atomic E-state index is 10.7. The highest BCUT2D eigenvalue weighted by atomic mass is 16.4. The minimum Gasteiger partial charge on any atom is -0.481 e. The molecule has 3 N–H and O–H groups in total. The molecule has 6 heteroatoms. The molecule has 0 amide bonds. The van der Waals surface area contributed by atoms with Crippen LogP contribution in [-0.2, 0) is 11.2 Å². The molecule has 0 aliphatic heterocycles. The fraction of sp³-hybridized carbons (Fsp3) is 0.312. The third-order valence-electron chi connectivity index (χ3n) is 4.04. The number of nitrogen functional groups attached to an aromatic ring is 1. The summed E-state index contributed by atoms with van der Waals surface area (Å²) in [6.07, 6.45) is 3.23. The van der Waals surface area contributed by atoms with Crippen LogP contribution >= 0.6 is 0 Å². The van der Waals surface area contributed by atoms with Crippen molar-refractivity contribution in [3.05, 3.63) is 41.2 Å². The van der Waals surface area contributed by atoms with Crippen molar-refractivity contribution in [2.75, 3.05) is 5.73 Å². The molecule has 1 aliphatic rings. The van der Waals surface area contributed by atoms with Gasteiger partial charge in [-0.15, -0.1) is 0 Å². The van der Waals surface area contributed by atoms with Gasteiger partial charge >= 0.3 is 5.97 Å². The predicted molar refractivity (Wildman–Crippen MR) is 82.6 cm³/mol. The van der Waals surface area contributed by atoms with Crippen LogP contribution in [0.15, 0.2) is 24.3 Å². The number of anilines is 1. The number of hydrogen-bond donors (Lipinski definition) is 2. The van der Waals surface area contributed by atoms with E-state index in [0.29, 0.717) is 28.8 Å². The quantitative estimate of drug-likeness (QED) is 0.849. The molecule has 0 saturated heterocycles. The van der Waals surface area contributed by atoms with Crippen molar-refractivity contribution < 1.29 is 9.90 Å². The minimum atomic E-state index is -0.867. The number of nitrogens with zero attached hydrogens (tertiary/aromatic N) is 3. The van der Waals surface area contributed by atoms with Crippen molar-refractivity contribution in [2.45, 2.75) is 31.7 Å². The molecule has 0 atom stereocenters. The first kappa shape index (κ1) is 14.1. The molecule has 0 radical (unpaired) electrons. The third-order valence-corrected chi connectivity index (χ3v) is 4.04. The Morgan fingerprint density at radius 2 is 2.09 bits per heavy atom. The molecule has 112 valence electrons. The second-order valence-corrected chi connectivity index (χ2v) is 5.49. The lowest BCUT2D eigenvalue weighted by Crippen LogP contribution is -2.19. The molecular formula is C16H16N4O2. The van der Waals surface area contributed by atoms with Crippen LogP contribution in [0, 0.1) is 6.57 Å². The number of nitrogens with two attached hydrogens (primary N) is 1. The molecule has 0 spiro atoms. The van der Waals surface area contributed by atoms with Crippen LogP contribution in [-0.4, -0.2) is 20.9 Å². The van der Waals surface area contributed by atoms with Crippen molar-refractivity contribution in [3.8, 4) is 11.3 Å². The van der Waals surface area contributed by atoms with Crippen molar-refractivity contribution in [2.24, 2.45) is 0 Å². The number of carbonyl (C=O) groups is 1. The Bertz CT molecular complexity index is 752. The summed E-state index contributed by atoms with van der Waals surface area (Å²) >= 11 is 0. The zero-order valence-electron chi connectivity index (χ0n) is 12.0. The van der Waals surface area contributed by atoms with Gasteiger partial charge in [0.05, 0.1) is 19.0 Å². The SMILES string of the molecule is [C-]#[N+]c1c(-c2ccc(CC(=O)O)cc2)nn(C2CCC2)c1N. The largest absolute Gasteiger partial charge is 0.481 e. The average Bonchev–Trinajstić information content (AvgIpc) is 2.74. The highest BCUT2D eigenvalue weighted by molar-refractivity contribution is 5.83. The van der Waals surface area contributed by atoms with Crippen LogP contribution in [0.5, 0.6) is 0 Å². The van der Waals surface area contributed by atoms with Gasteiger partial charge in [-0.25, -0.2) is 4.85 Å². The number of aromatic nitrogens is 2. The molecule has 0 bridgehead atoms. The van der Waals surface area contributed by atoms with E-state index in [1.54, 1.807) is 28.9 Å². The zero-order valence-corrected chi connectivity index (χ0v) is 12.0. The smallest absolute Gasteiger partial charge is 0.307 e. The molecule has 6 nitrogen and oxygen atoms in total.